The van der Waals surface area contributed by atoms with Crippen molar-refractivity contribution in [2.75, 3.05) is 17.2 Å². The molecule has 6 heteroatoms. The van der Waals surface area contributed by atoms with Gasteiger partial charge in [-0.1, -0.05) is 23.7 Å². The van der Waals surface area contributed by atoms with Crippen LogP contribution in [0.4, 0.5) is 11.5 Å². The van der Waals surface area contributed by atoms with E-state index in [0.29, 0.717) is 10.8 Å². The van der Waals surface area contributed by atoms with E-state index in [2.05, 4.69) is 20.6 Å². The topological polar surface area (TPSA) is 66.9 Å². The molecule has 0 aliphatic carbocycles. The minimum Gasteiger partial charge on any atom is -0.368 e. The lowest BCUT2D eigenvalue weighted by molar-refractivity contribution is -0.114. The van der Waals surface area contributed by atoms with Gasteiger partial charge in [-0.15, -0.1) is 0 Å². The van der Waals surface area contributed by atoms with E-state index < -0.39 is 0 Å². The summed E-state index contributed by atoms with van der Waals surface area (Å²) in [5.74, 6) is 0.564. The van der Waals surface area contributed by atoms with Crippen molar-refractivity contribution in [3.8, 4) is 0 Å². The Morgan fingerprint density at radius 2 is 2.05 bits per heavy atom. The molecule has 0 radical (unpaired) electrons. The average molecular weight is 291 g/mol. The first-order valence-electron chi connectivity index (χ1n) is 6.21. The molecule has 0 fully saturated rings. The molecule has 1 amide bonds. The summed E-state index contributed by atoms with van der Waals surface area (Å²) in [6, 6.07) is 7.73. The summed E-state index contributed by atoms with van der Waals surface area (Å²) in [6.45, 7) is 2.21. The molecule has 1 aromatic heterocycles. The van der Waals surface area contributed by atoms with Gasteiger partial charge in [0.1, 0.15) is 17.2 Å². The van der Waals surface area contributed by atoms with Gasteiger partial charge in [-0.3, -0.25) is 4.79 Å². The summed E-state index contributed by atoms with van der Waals surface area (Å²) >= 11 is 5.95. The fraction of sp³-hybridized carbons (Fsp3) is 0.214. The molecule has 2 N–H and O–H groups in total. The number of rotatable bonds is 5. The monoisotopic (exact) mass is 290 g/mol. The van der Waals surface area contributed by atoms with E-state index in [1.807, 2.05) is 24.3 Å². The number of hydrogen-bond donors (Lipinski definition) is 2. The number of anilines is 2. The van der Waals surface area contributed by atoms with E-state index in [9.17, 15) is 4.79 Å². The van der Waals surface area contributed by atoms with Crippen molar-refractivity contribution in [3.05, 3.63) is 47.4 Å². The first-order valence-corrected chi connectivity index (χ1v) is 6.59. The smallest absolute Gasteiger partial charge is 0.221 e. The Morgan fingerprint density at radius 3 is 2.70 bits per heavy atom. The minimum absolute atomic E-state index is 0.0715. The molecule has 20 heavy (non-hydrogen) atoms. The molecule has 2 aromatic rings. The van der Waals surface area contributed by atoms with Gasteiger partial charge >= 0.3 is 0 Å². The number of benzene rings is 1. The highest BCUT2D eigenvalue weighted by Gasteiger charge is 2.01. The Morgan fingerprint density at radius 1 is 1.30 bits per heavy atom. The van der Waals surface area contributed by atoms with Gasteiger partial charge in [-0.2, -0.15) is 0 Å². The molecule has 0 unspecified atom stereocenters. The van der Waals surface area contributed by atoms with Crippen LogP contribution in [0.3, 0.4) is 0 Å². The number of amides is 1. The van der Waals surface area contributed by atoms with Crippen molar-refractivity contribution in [2.24, 2.45) is 0 Å². The Hall–Kier alpha value is -2.14. The van der Waals surface area contributed by atoms with Gasteiger partial charge in [-0.25, -0.2) is 9.97 Å². The number of aromatic nitrogens is 2. The van der Waals surface area contributed by atoms with Crippen molar-refractivity contribution in [1.29, 1.82) is 0 Å². The Bertz CT molecular complexity index is 586. The summed E-state index contributed by atoms with van der Waals surface area (Å²) < 4.78 is 0. The molecule has 1 aromatic carbocycles. The maximum Gasteiger partial charge on any atom is 0.221 e. The largest absolute Gasteiger partial charge is 0.368 e. The van der Waals surface area contributed by atoms with E-state index in [1.165, 1.54) is 13.3 Å². The predicted molar refractivity (Wildman–Crippen MR) is 80.0 cm³/mol. The summed E-state index contributed by atoms with van der Waals surface area (Å²) in [4.78, 5) is 18.8. The molecule has 0 bridgehead atoms. The first kappa shape index (κ1) is 14.3. The van der Waals surface area contributed by atoms with Gasteiger partial charge in [0, 0.05) is 19.2 Å². The molecule has 0 spiro atoms. The summed E-state index contributed by atoms with van der Waals surface area (Å²) in [5.41, 5.74) is 1.96. The first-order chi connectivity index (χ1) is 9.65. The molecule has 1 heterocycles. The normalized spacial score (nSPS) is 10.1. The number of hydrogen-bond acceptors (Lipinski definition) is 4. The highest BCUT2D eigenvalue weighted by molar-refractivity contribution is 6.32. The Kier molecular flexibility index (Phi) is 4.90. The molecule has 5 nitrogen and oxygen atoms in total. The number of carbonyl (C=O) groups excluding carboxylic acids is 1. The third-order valence-corrected chi connectivity index (χ3v) is 2.92. The van der Waals surface area contributed by atoms with Crippen LogP contribution in [-0.2, 0) is 11.2 Å². The highest BCUT2D eigenvalue weighted by atomic mass is 35.5. The van der Waals surface area contributed by atoms with E-state index in [-0.39, 0.29) is 5.91 Å². The maximum absolute atomic E-state index is 10.9. The second-order valence-corrected chi connectivity index (χ2v) is 4.68. The average Bonchev–Trinajstić information content (AvgIpc) is 2.42. The van der Waals surface area contributed by atoms with Gasteiger partial charge in [0.2, 0.25) is 5.91 Å². The fourth-order valence-corrected chi connectivity index (χ4v) is 1.90. The maximum atomic E-state index is 10.9. The standard InChI is InChI=1S/C14H15ClN4O/c1-10(20)19-12-4-2-11(3-5-12)6-7-17-14-13(15)8-16-9-18-14/h2-5,8-9H,6-7H2,1H3,(H,19,20)(H,16,17,18). The quantitative estimate of drug-likeness (QED) is 0.888. The third-order valence-electron chi connectivity index (χ3n) is 2.65. The third kappa shape index (κ3) is 4.20. The molecule has 104 valence electrons. The lowest BCUT2D eigenvalue weighted by Crippen LogP contribution is -2.08. The lowest BCUT2D eigenvalue weighted by Gasteiger charge is -2.07. The fourth-order valence-electron chi connectivity index (χ4n) is 1.73. The zero-order chi connectivity index (χ0) is 14.4. The molecular formula is C14H15ClN4O. The van der Waals surface area contributed by atoms with Gasteiger partial charge in [0.05, 0.1) is 6.20 Å². The van der Waals surface area contributed by atoms with E-state index in [1.54, 1.807) is 6.20 Å². The van der Waals surface area contributed by atoms with Crippen molar-refractivity contribution in [2.45, 2.75) is 13.3 Å². The van der Waals surface area contributed by atoms with E-state index >= 15 is 0 Å². The van der Waals surface area contributed by atoms with Crippen LogP contribution in [0.5, 0.6) is 0 Å². The van der Waals surface area contributed by atoms with Crippen LogP contribution in [-0.4, -0.2) is 22.4 Å². The zero-order valence-electron chi connectivity index (χ0n) is 11.1. The van der Waals surface area contributed by atoms with Crippen LogP contribution in [0.2, 0.25) is 5.02 Å². The van der Waals surface area contributed by atoms with Gasteiger partial charge in [-0.05, 0) is 24.1 Å². The van der Waals surface area contributed by atoms with Crippen LogP contribution in [0.15, 0.2) is 36.8 Å². The number of nitrogens with zero attached hydrogens (tertiary/aromatic N) is 2. The molecule has 0 aliphatic heterocycles. The van der Waals surface area contributed by atoms with Crippen molar-refractivity contribution in [3.63, 3.8) is 0 Å². The summed E-state index contributed by atoms with van der Waals surface area (Å²) in [5, 5.41) is 6.40. The van der Waals surface area contributed by atoms with Crippen molar-refractivity contribution in [1.82, 2.24) is 9.97 Å². The second-order valence-electron chi connectivity index (χ2n) is 4.27. The SMILES string of the molecule is CC(=O)Nc1ccc(CCNc2ncncc2Cl)cc1. The van der Waals surface area contributed by atoms with Gasteiger partial charge in [0.25, 0.3) is 0 Å². The van der Waals surface area contributed by atoms with Gasteiger partial charge in [0.15, 0.2) is 0 Å². The van der Waals surface area contributed by atoms with Crippen molar-refractivity contribution >= 4 is 29.0 Å². The lowest BCUT2D eigenvalue weighted by atomic mass is 10.1. The van der Waals surface area contributed by atoms with Crippen LogP contribution < -0.4 is 10.6 Å². The molecule has 0 saturated carbocycles. The number of carbonyl (C=O) groups is 1. The number of halogens is 1. The highest BCUT2D eigenvalue weighted by Crippen LogP contribution is 2.16. The van der Waals surface area contributed by atoms with E-state index in [0.717, 1.165) is 24.2 Å². The van der Waals surface area contributed by atoms with Crippen LogP contribution >= 0.6 is 11.6 Å². The Balaban J connectivity index is 1.85. The molecule has 0 aliphatic rings. The van der Waals surface area contributed by atoms with E-state index in [4.69, 9.17) is 11.6 Å². The zero-order valence-corrected chi connectivity index (χ0v) is 11.8. The van der Waals surface area contributed by atoms with Crippen LogP contribution in [0, 0.1) is 0 Å². The molecular weight excluding hydrogens is 276 g/mol. The number of nitrogens with one attached hydrogen (secondary N) is 2. The summed E-state index contributed by atoms with van der Waals surface area (Å²) in [6.07, 6.45) is 3.84. The Labute approximate surface area is 122 Å². The minimum atomic E-state index is -0.0715. The predicted octanol–water partition coefficient (Wildman–Crippen LogP) is 2.74. The van der Waals surface area contributed by atoms with Crippen molar-refractivity contribution < 1.29 is 4.79 Å². The van der Waals surface area contributed by atoms with Crippen LogP contribution in [0.25, 0.3) is 0 Å². The molecule has 0 saturated heterocycles. The van der Waals surface area contributed by atoms with Gasteiger partial charge < -0.3 is 10.6 Å². The summed E-state index contributed by atoms with van der Waals surface area (Å²) in [7, 11) is 0. The molecule has 2 rings (SSSR count). The second kappa shape index (κ2) is 6.86. The molecule has 0 atom stereocenters. The van der Waals surface area contributed by atoms with Crippen LogP contribution in [0.1, 0.15) is 12.5 Å².